The molecule has 2 N–H and O–H groups in total. The van der Waals surface area contributed by atoms with Crippen molar-refractivity contribution in [3.8, 4) is 11.5 Å². The van der Waals surface area contributed by atoms with Crippen molar-refractivity contribution in [3.63, 3.8) is 0 Å². The third-order valence-electron chi connectivity index (χ3n) is 5.15. The number of ether oxygens (including phenoxy) is 2. The molecule has 0 heterocycles. The van der Waals surface area contributed by atoms with Crippen LogP contribution in [0.15, 0.2) is 78.9 Å². The van der Waals surface area contributed by atoms with Crippen molar-refractivity contribution in [2.45, 2.75) is 33.1 Å². The van der Waals surface area contributed by atoms with Crippen LogP contribution in [-0.2, 0) is 6.42 Å². The molecule has 3 aromatic rings. The average Bonchev–Trinajstić information content (AvgIpc) is 2.83. The SMILES string of the molecule is CC(C)CCOc1ccccc1C(=O)NC(=S)Nc1ccc(OCCCc2ccccc2)cc1. The van der Waals surface area contributed by atoms with Gasteiger partial charge in [-0.2, -0.15) is 0 Å². The van der Waals surface area contributed by atoms with Gasteiger partial charge in [0.25, 0.3) is 5.91 Å². The Bertz CT molecular complexity index is 1050. The fraction of sp³-hybridized carbons (Fsp3) is 0.286. The lowest BCUT2D eigenvalue weighted by atomic mass is 10.1. The Kier molecular flexibility index (Phi) is 9.92. The number of para-hydroxylation sites is 1. The Balaban J connectivity index is 1.44. The van der Waals surface area contributed by atoms with Gasteiger partial charge in [-0.05, 0) is 79.4 Å². The van der Waals surface area contributed by atoms with Crippen LogP contribution in [0.1, 0.15) is 42.6 Å². The van der Waals surface area contributed by atoms with Crippen molar-refractivity contribution >= 4 is 28.9 Å². The van der Waals surface area contributed by atoms with Crippen molar-refractivity contribution in [2.24, 2.45) is 5.92 Å². The maximum Gasteiger partial charge on any atom is 0.261 e. The topological polar surface area (TPSA) is 59.6 Å². The molecule has 0 aliphatic carbocycles. The second-order valence-corrected chi connectivity index (χ2v) is 8.81. The molecule has 3 rings (SSSR count). The molecule has 0 saturated heterocycles. The maximum absolute atomic E-state index is 12.7. The molecule has 0 aliphatic heterocycles. The standard InChI is InChI=1S/C28H32N2O3S/c1-21(2)18-20-33-26-13-7-6-12-25(26)27(31)30-28(34)29-23-14-16-24(17-15-23)32-19-8-11-22-9-4-3-5-10-22/h3-7,9-10,12-17,21H,8,11,18-20H2,1-2H3,(H2,29,30,31,34). The number of rotatable bonds is 11. The molecular formula is C28H32N2O3S. The number of carbonyl (C=O) groups is 1. The van der Waals surface area contributed by atoms with E-state index in [1.54, 1.807) is 18.2 Å². The number of amides is 1. The first-order valence-electron chi connectivity index (χ1n) is 11.6. The summed E-state index contributed by atoms with van der Waals surface area (Å²) >= 11 is 5.33. The highest BCUT2D eigenvalue weighted by Gasteiger charge is 2.14. The Hall–Kier alpha value is -3.38. The van der Waals surface area contributed by atoms with Gasteiger partial charge >= 0.3 is 0 Å². The van der Waals surface area contributed by atoms with Gasteiger partial charge in [0, 0.05) is 5.69 Å². The zero-order chi connectivity index (χ0) is 24.2. The first-order valence-corrected chi connectivity index (χ1v) is 12.0. The molecule has 5 nitrogen and oxygen atoms in total. The summed E-state index contributed by atoms with van der Waals surface area (Å²) < 4.78 is 11.6. The van der Waals surface area contributed by atoms with E-state index in [1.165, 1.54) is 5.56 Å². The molecule has 0 saturated carbocycles. The molecule has 6 heteroatoms. The van der Waals surface area contributed by atoms with E-state index in [0.29, 0.717) is 30.4 Å². The maximum atomic E-state index is 12.7. The molecule has 178 valence electrons. The third kappa shape index (κ3) is 8.52. The minimum atomic E-state index is -0.309. The van der Waals surface area contributed by atoms with Gasteiger partial charge in [-0.3, -0.25) is 10.1 Å². The van der Waals surface area contributed by atoms with E-state index >= 15 is 0 Å². The summed E-state index contributed by atoms with van der Waals surface area (Å²) in [5, 5.41) is 5.99. The number of carbonyl (C=O) groups excluding carboxylic acids is 1. The zero-order valence-electron chi connectivity index (χ0n) is 19.8. The Morgan fingerprint density at radius 2 is 1.59 bits per heavy atom. The molecular weight excluding hydrogens is 444 g/mol. The highest BCUT2D eigenvalue weighted by molar-refractivity contribution is 7.80. The minimum Gasteiger partial charge on any atom is -0.494 e. The Morgan fingerprint density at radius 3 is 2.32 bits per heavy atom. The van der Waals surface area contributed by atoms with Crippen LogP contribution in [-0.4, -0.2) is 24.2 Å². The lowest BCUT2D eigenvalue weighted by molar-refractivity contribution is 0.0973. The van der Waals surface area contributed by atoms with E-state index in [9.17, 15) is 4.79 Å². The second kappa shape index (κ2) is 13.4. The molecule has 0 bridgehead atoms. The summed E-state index contributed by atoms with van der Waals surface area (Å²) in [6, 6.07) is 25.1. The highest BCUT2D eigenvalue weighted by atomic mass is 32.1. The number of benzene rings is 3. The smallest absolute Gasteiger partial charge is 0.261 e. The lowest BCUT2D eigenvalue weighted by Crippen LogP contribution is -2.34. The van der Waals surface area contributed by atoms with E-state index in [4.69, 9.17) is 21.7 Å². The summed E-state index contributed by atoms with van der Waals surface area (Å²) in [6.45, 7) is 5.48. The fourth-order valence-electron chi connectivity index (χ4n) is 3.26. The molecule has 0 unspecified atom stereocenters. The van der Waals surface area contributed by atoms with Crippen LogP contribution < -0.4 is 20.1 Å². The predicted octanol–water partition coefficient (Wildman–Crippen LogP) is 6.25. The quantitative estimate of drug-likeness (QED) is 0.253. The molecule has 1 amide bonds. The number of hydrogen-bond acceptors (Lipinski definition) is 4. The first-order chi connectivity index (χ1) is 16.5. The van der Waals surface area contributed by atoms with Crippen molar-refractivity contribution in [1.29, 1.82) is 0 Å². The van der Waals surface area contributed by atoms with Crippen LogP contribution in [0.5, 0.6) is 11.5 Å². The third-order valence-corrected chi connectivity index (χ3v) is 5.35. The van der Waals surface area contributed by atoms with Gasteiger partial charge in [0.05, 0.1) is 18.8 Å². The van der Waals surface area contributed by atoms with Gasteiger partial charge in [-0.1, -0.05) is 56.3 Å². The summed E-state index contributed by atoms with van der Waals surface area (Å²) in [7, 11) is 0. The zero-order valence-corrected chi connectivity index (χ0v) is 20.6. The van der Waals surface area contributed by atoms with Gasteiger partial charge in [0.15, 0.2) is 5.11 Å². The Morgan fingerprint density at radius 1 is 0.882 bits per heavy atom. The molecule has 0 radical (unpaired) electrons. The summed E-state index contributed by atoms with van der Waals surface area (Å²) in [5.41, 5.74) is 2.53. The van der Waals surface area contributed by atoms with Crippen LogP contribution in [0.25, 0.3) is 0 Å². The summed E-state index contributed by atoms with van der Waals surface area (Å²) in [4.78, 5) is 12.7. The van der Waals surface area contributed by atoms with Crippen LogP contribution in [0.2, 0.25) is 0 Å². The van der Waals surface area contributed by atoms with Crippen molar-refractivity contribution in [1.82, 2.24) is 5.32 Å². The van der Waals surface area contributed by atoms with E-state index < -0.39 is 0 Å². The summed E-state index contributed by atoms with van der Waals surface area (Å²) in [6.07, 6.45) is 2.85. The first kappa shape index (κ1) is 25.2. The van der Waals surface area contributed by atoms with Crippen LogP contribution >= 0.6 is 12.2 Å². The summed E-state index contributed by atoms with van der Waals surface area (Å²) in [5.74, 6) is 1.57. The normalized spacial score (nSPS) is 10.6. The number of anilines is 1. The van der Waals surface area contributed by atoms with E-state index in [0.717, 1.165) is 30.7 Å². The van der Waals surface area contributed by atoms with E-state index in [2.05, 4.69) is 48.7 Å². The van der Waals surface area contributed by atoms with Gasteiger partial charge in [0.1, 0.15) is 11.5 Å². The monoisotopic (exact) mass is 476 g/mol. The lowest BCUT2D eigenvalue weighted by Gasteiger charge is -2.14. The van der Waals surface area contributed by atoms with E-state index in [-0.39, 0.29) is 11.0 Å². The predicted molar refractivity (Wildman–Crippen MR) is 142 cm³/mol. The van der Waals surface area contributed by atoms with Crippen LogP contribution in [0.4, 0.5) is 5.69 Å². The fourth-order valence-corrected chi connectivity index (χ4v) is 3.47. The Labute approximate surface area is 207 Å². The van der Waals surface area contributed by atoms with Gasteiger partial charge in [-0.15, -0.1) is 0 Å². The molecule has 0 aromatic heterocycles. The highest BCUT2D eigenvalue weighted by Crippen LogP contribution is 2.19. The molecule has 0 atom stereocenters. The van der Waals surface area contributed by atoms with Crippen LogP contribution in [0.3, 0.4) is 0 Å². The number of aryl methyl sites for hydroxylation is 1. The van der Waals surface area contributed by atoms with Gasteiger partial charge < -0.3 is 14.8 Å². The number of hydrogen-bond donors (Lipinski definition) is 2. The van der Waals surface area contributed by atoms with Crippen molar-refractivity contribution < 1.29 is 14.3 Å². The molecule has 34 heavy (non-hydrogen) atoms. The van der Waals surface area contributed by atoms with Crippen molar-refractivity contribution in [3.05, 3.63) is 90.0 Å². The number of nitrogens with one attached hydrogen (secondary N) is 2. The minimum absolute atomic E-state index is 0.221. The van der Waals surface area contributed by atoms with Crippen LogP contribution in [0, 0.1) is 5.92 Å². The largest absolute Gasteiger partial charge is 0.494 e. The van der Waals surface area contributed by atoms with Gasteiger partial charge in [-0.25, -0.2) is 0 Å². The van der Waals surface area contributed by atoms with E-state index in [1.807, 2.05) is 36.4 Å². The molecule has 0 spiro atoms. The number of thiocarbonyl (C=S) groups is 1. The average molecular weight is 477 g/mol. The van der Waals surface area contributed by atoms with Crippen molar-refractivity contribution in [2.75, 3.05) is 18.5 Å². The molecule has 3 aromatic carbocycles. The molecule has 0 fully saturated rings. The van der Waals surface area contributed by atoms with Gasteiger partial charge in [0.2, 0.25) is 0 Å². The molecule has 0 aliphatic rings. The second-order valence-electron chi connectivity index (χ2n) is 8.40.